The van der Waals surface area contributed by atoms with E-state index in [1.807, 2.05) is 24.0 Å². The Hall–Kier alpha value is -3.93. The predicted octanol–water partition coefficient (Wildman–Crippen LogP) is 3.52. The van der Waals surface area contributed by atoms with Crippen LogP contribution in [-0.4, -0.2) is 76.9 Å². The van der Waals surface area contributed by atoms with E-state index in [1.54, 1.807) is 24.4 Å². The third-order valence-corrected chi connectivity index (χ3v) is 8.74. The maximum atomic E-state index is 14.6. The summed E-state index contributed by atoms with van der Waals surface area (Å²) in [5, 5.41) is 16.7. The van der Waals surface area contributed by atoms with Gasteiger partial charge in [-0.1, -0.05) is 12.1 Å². The van der Waals surface area contributed by atoms with Crippen molar-refractivity contribution < 1.29 is 33.0 Å². The topological polar surface area (TPSA) is 113 Å². The Kier molecular flexibility index (Phi) is 8.88. The minimum Gasteiger partial charge on any atom is -0.493 e. The highest BCUT2D eigenvalue weighted by atomic mass is 19.1. The van der Waals surface area contributed by atoms with Crippen molar-refractivity contribution in [1.82, 2.24) is 20.5 Å². The fraction of sp³-hybridized carbons (Fsp3) is 0.424. The lowest BCUT2D eigenvalue weighted by Crippen LogP contribution is -2.50. The SMILES string of the molecule is Cc1cccnc1CN1C[C@@H]2C[C@H]1C(=O)NC[C@H]1O[C@H](CCOc3cc(-c4ccc(F)cc4F)ccc3C(=O)N2)CC[C@@H]1O. The number of nitrogens with zero attached hydrogens (tertiary/aromatic N) is 2. The summed E-state index contributed by atoms with van der Waals surface area (Å²) in [7, 11) is 0. The van der Waals surface area contributed by atoms with Crippen molar-refractivity contribution in [2.75, 3.05) is 19.7 Å². The number of amides is 2. The van der Waals surface area contributed by atoms with Gasteiger partial charge in [0.1, 0.15) is 23.5 Å². The Balaban J connectivity index is 1.31. The van der Waals surface area contributed by atoms with Crippen molar-refractivity contribution in [2.45, 2.75) is 69.5 Å². The van der Waals surface area contributed by atoms with Crippen LogP contribution in [-0.2, 0) is 16.1 Å². The lowest BCUT2D eigenvalue weighted by Gasteiger charge is -2.34. The van der Waals surface area contributed by atoms with Crippen LogP contribution < -0.4 is 15.4 Å². The molecule has 4 heterocycles. The van der Waals surface area contributed by atoms with Crippen LogP contribution >= 0.6 is 0 Å². The molecule has 3 aliphatic rings. The largest absolute Gasteiger partial charge is 0.493 e. The number of hydrogen-bond acceptors (Lipinski definition) is 7. The predicted molar refractivity (Wildman–Crippen MR) is 158 cm³/mol. The highest BCUT2D eigenvalue weighted by molar-refractivity contribution is 5.98. The molecular formula is C33H36F2N4O5. The molecule has 6 rings (SSSR count). The summed E-state index contributed by atoms with van der Waals surface area (Å²) in [6.45, 7) is 3.18. The Morgan fingerprint density at radius 2 is 1.91 bits per heavy atom. The maximum absolute atomic E-state index is 14.6. The molecule has 3 aliphatic heterocycles. The molecule has 232 valence electrons. The molecule has 2 saturated heterocycles. The van der Waals surface area contributed by atoms with Crippen LogP contribution in [0, 0.1) is 18.6 Å². The van der Waals surface area contributed by atoms with Crippen molar-refractivity contribution >= 4 is 11.8 Å². The number of carbonyl (C=O) groups excluding carboxylic acids is 2. The standard InChI is InChI=1S/C33H36F2N4O5/c1-19-3-2-11-36-27(19)18-39-17-22-15-28(39)33(42)37-16-31-29(40)9-6-23(44-31)10-12-43-30-13-20(4-7-25(30)32(41)38-22)24-8-5-21(34)14-26(24)35/h2-5,7-8,11,13-14,22-23,28-29,31,40H,6,9-10,12,15-18H2,1H3,(H,37,42)(H,38,41)/t22-,23-,28-,29-,31+/m0/s1. The molecule has 4 bridgehead atoms. The van der Waals surface area contributed by atoms with Gasteiger partial charge in [-0.3, -0.25) is 19.5 Å². The van der Waals surface area contributed by atoms with Crippen molar-refractivity contribution in [1.29, 1.82) is 0 Å². The lowest BCUT2D eigenvalue weighted by atomic mass is 9.99. The van der Waals surface area contributed by atoms with E-state index in [0.717, 1.165) is 17.3 Å². The number of nitrogens with one attached hydrogen (secondary N) is 2. The molecule has 2 fully saturated rings. The molecule has 1 aromatic heterocycles. The van der Waals surface area contributed by atoms with Gasteiger partial charge in [0.2, 0.25) is 5.91 Å². The number of pyridine rings is 1. The average Bonchev–Trinajstić information content (AvgIpc) is 3.39. The zero-order valence-electron chi connectivity index (χ0n) is 24.5. The van der Waals surface area contributed by atoms with Crippen LogP contribution in [0.5, 0.6) is 5.75 Å². The fourth-order valence-electron chi connectivity index (χ4n) is 6.28. The molecule has 5 atom stereocenters. The first-order valence-corrected chi connectivity index (χ1v) is 15.0. The minimum atomic E-state index is -0.721. The van der Waals surface area contributed by atoms with Crippen molar-refractivity contribution in [3.63, 3.8) is 0 Å². The van der Waals surface area contributed by atoms with E-state index in [0.29, 0.717) is 44.3 Å². The van der Waals surface area contributed by atoms with Crippen molar-refractivity contribution in [2.24, 2.45) is 0 Å². The van der Waals surface area contributed by atoms with Crippen molar-refractivity contribution in [3.05, 3.63) is 83.2 Å². The van der Waals surface area contributed by atoms with Gasteiger partial charge in [-0.25, -0.2) is 8.78 Å². The quantitative estimate of drug-likeness (QED) is 0.418. The van der Waals surface area contributed by atoms with Crippen LogP contribution in [0.15, 0.2) is 54.7 Å². The Bertz CT molecular complexity index is 1540. The van der Waals surface area contributed by atoms with E-state index in [2.05, 4.69) is 15.6 Å². The van der Waals surface area contributed by atoms with Gasteiger partial charge in [0.05, 0.1) is 36.1 Å². The van der Waals surface area contributed by atoms with Gasteiger partial charge in [-0.15, -0.1) is 0 Å². The molecule has 2 amide bonds. The van der Waals surface area contributed by atoms with Crippen LogP contribution in [0.3, 0.4) is 0 Å². The molecule has 44 heavy (non-hydrogen) atoms. The van der Waals surface area contributed by atoms with E-state index < -0.39 is 29.9 Å². The smallest absolute Gasteiger partial charge is 0.255 e. The highest BCUT2D eigenvalue weighted by Crippen LogP contribution is 2.31. The summed E-state index contributed by atoms with van der Waals surface area (Å²) in [4.78, 5) is 33.7. The monoisotopic (exact) mass is 606 g/mol. The Labute approximate surface area is 254 Å². The summed E-state index contributed by atoms with van der Waals surface area (Å²) in [6.07, 6.45) is 2.22. The number of aromatic nitrogens is 1. The number of aliphatic hydroxyl groups excluding tert-OH is 1. The molecule has 0 saturated carbocycles. The van der Waals surface area contributed by atoms with Crippen LogP contribution in [0.4, 0.5) is 8.78 Å². The van der Waals surface area contributed by atoms with Gasteiger partial charge in [-0.2, -0.15) is 0 Å². The number of rotatable bonds is 3. The second kappa shape index (κ2) is 13.0. The second-order valence-corrected chi connectivity index (χ2v) is 11.8. The number of likely N-dealkylation sites (tertiary alicyclic amines) is 1. The molecule has 0 radical (unpaired) electrons. The first kappa shape index (κ1) is 30.1. The van der Waals surface area contributed by atoms with Crippen molar-refractivity contribution in [3.8, 4) is 16.9 Å². The molecule has 3 aromatic rings. The number of aliphatic hydroxyl groups is 1. The third-order valence-electron chi connectivity index (χ3n) is 8.74. The zero-order valence-corrected chi connectivity index (χ0v) is 24.5. The summed E-state index contributed by atoms with van der Waals surface area (Å²) < 4.78 is 40.5. The third kappa shape index (κ3) is 6.59. The summed E-state index contributed by atoms with van der Waals surface area (Å²) >= 11 is 0. The molecule has 0 unspecified atom stereocenters. The van der Waals surface area contributed by atoms with E-state index in [1.165, 1.54) is 12.1 Å². The number of halogens is 2. The normalized spacial score (nSPS) is 26.3. The first-order chi connectivity index (χ1) is 21.2. The molecule has 2 aromatic carbocycles. The molecule has 0 aliphatic carbocycles. The molecule has 0 spiro atoms. The lowest BCUT2D eigenvalue weighted by molar-refractivity contribution is -0.133. The van der Waals surface area contributed by atoms with Gasteiger partial charge >= 0.3 is 0 Å². The summed E-state index contributed by atoms with van der Waals surface area (Å²) in [6, 6.07) is 11.1. The molecule has 9 nitrogen and oxygen atoms in total. The van der Waals surface area contributed by atoms with Gasteiger partial charge in [0.15, 0.2) is 0 Å². The molecule has 11 heteroatoms. The van der Waals surface area contributed by atoms with Crippen LogP contribution in [0.1, 0.15) is 47.3 Å². The number of ether oxygens (including phenoxy) is 2. The van der Waals surface area contributed by atoms with E-state index in [4.69, 9.17) is 9.47 Å². The van der Waals surface area contributed by atoms with Gasteiger partial charge in [0.25, 0.3) is 5.91 Å². The van der Waals surface area contributed by atoms with E-state index >= 15 is 0 Å². The first-order valence-electron chi connectivity index (χ1n) is 15.0. The van der Waals surface area contributed by atoms with Crippen LogP contribution in [0.2, 0.25) is 0 Å². The van der Waals surface area contributed by atoms with Gasteiger partial charge in [0, 0.05) is 49.9 Å². The summed E-state index contributed by atoms with van der Waals surface area (Å²) in [5.41, 5.74) is 2.73. The Morgan fingerprint density at radius 3 is 2.73 bits per heavy atom. The van der Waals surface area contributed by atoms with Gasteiger partial charge in [-0.05, 0) is 67.6 Å². The fourth-order valence-corrected chi connectivity index (χ4v) is 6.28. The summed E-state index contributed by atoms with van der Waals surface area (Å²) in [5.74, 6) is -1.72. The van der Waals surface area contributed by atoms with Crippen LogP contribution in [0.25, 0.3) is 11.1 Å². The molecular weight excluding hydrogens is 570 g/mol. The number of carbonyl (C=O) groups is 2. The minimum absolute atomic E-state index is 0.163. The number of hydrogen-bond donors (Lipinski definition) is 3. The van der Waals surface area contributed by atoms with Gasteiger partial charge < -0.3 is 25.2 Å². The second-order valence-electron chi connectivity index (χ2n) is 11.8. The average molecular weight is 607 g/mol. The number of fused-ring (bicyclic) bond motifs is 5. The number of benzene rings is 2. The zero-order chi connectivity index (χ0) is 30.8. The van der Waals surface area contributed by atoms with E-state index in [-0.39, 0.29) is 54.0 Å². The van der Waals surface area contributed by atoms with E-state index in [9.17, 15) is 23.5 Å². The number of aryl methyl sites for hydroxylation is 1. The molecule has 3 N–H and O–H groups in total. The maximum Gasteiger partial charge on any atom is 0.255 e. The Morgan fingerprint density at radius 1 is 1.07 bits per heavy atom. The highest BCUT2D eigenvalue weighted by Gasteiger charge is 2.39.